The van der Waals surface area contributed by atoms with Crippen molar-refractivity contribution in [2.24, 2.45) is 0 Å². The number of hydrogen-bond acceptors (Lipinski definition) is 4. The Morgan fingerprint density at radius 2 is 1.88 bits per heavy atom. The fourth-order valence-corrected chi connectivity index (χ4v) is 3.55. The molecule has 1 aromatic heterocycles. The monoisotopic (exact) mass is 367 g/mol. The molecule has 1 heterocycles. The van der Waals surface area contributed by atoms with Crippen molar-refractivity contribution in [1.82, 2.24) is 14.9 Å². The van der Waals surface area contributed by atoms with Crippen molar-refractivity contribution < 1.29 is 4.79 Å². The molecule has 0 aliphatic carbocycles. The van der Waals surface area contributed by atoms with Gasteiger partial charge in [0.25, 0.3) is 5.56 Å². The molecule has 0 unspecified atom stereocenters. The van der Waals surface area contributed by atoms with Crippen LogP contribution in [0.15, 0.2) is 58.5 Å². The summed E-state index contributed by atoms with van der Waals surface area (Å²) >= 11 is 1.46. The average molecular weight is 367 g/mol. The number of aryl methyl sites for hydroxylation is 1. The van der Waals surface area contributed by atoms with E-state index in [0.29, 0.717) is 28.4 Å². The lowest BCUT2D eigenvalue weighted by Gasteiger charge is -2.13. The second-order valence-electron chi connectivity index (χ2n) is 5.90. The molecule has 0 fully saturated rings. The van der Waals surface area contributed by atoms with Gasteiger partial charge in [-0.05, 0) is 36.2 Å². The SMILES string of the molecule is CCc1ccc(-n2c(SCCNC(C)=O)nc3ccccc3c2=O)cc1. The molecule has 0 aliphatic rings. The van der Waals surface area contributed by atoms with E-state index < -0.39 is 0 Å². The van der Waals surface area contributed by atoms with Crippen molar-refractivity contribution in [1.29, 1.82) is 0 Å². The summed E-state index contributed by atoms with van der Waals surface area (Å²) in [4.78, 5) is 28.8. The molecule has 0 atom stereocenters. The van der Waals surface area contributed by atoms with Gasteiger partial charge in [-0.3, -0.25) is 14.2 Å². The third kappa shape index (κ3) is 3.96. The molecular weight excluding hydrogens is 346 g/mol. The predicted molar refractivity (Wildman–Crippen MR) is 106 cm³/mol. The zero-order valence-electron chi connectivity index (χ0n) is 14.9. The number of benzene rings is 2. The van der Waals surface area contributed by atoms with Crippen LogP contribution < -0.4 is 10.9 Å². The summed E-state index contributed by atoms with van der Waals surface area (Å²) in [6, 6.07) is 15.3. The highest BCUT2D eigenvalue weighted by atomic mass is 32.2. The number of nitrogens with zero attached hydrogens (tertiary/aromatic N) is 2. The highest BCUT2D eigenvalue weighted by Gasteiger charge is 2.13. The zero-order valence-corrected chi connectivity index (χ0v) is 15.7. The number of aromatic nitrogens is 2. The molecule has 2 aromatic carbocycles. The van der Waals surface area contributed by atoms with Crippen LogP contribution in [0.2, 0.25) is 0 Å². The summed E-state index contributed by atoms with van der Waals surface area (Å²) in [7, 11) is 0. The Bertz CT molecular complexity index is 981. The molecular formula is C20H21N3O2S. The molecule has 0 bridgehead atoms. The Morgan fingerprint density at radius 1 is 1.15 bits per heavy atom. The maximum atomic E-state index is 13.1. The van der Waals surface area contributed by atoms with Gasteiger partial charge in [0.15, 0.2) is 5.16 Å². The molecule has 0 saturated heterocycles. The molecule has 5 nitrogen and oxygen atoms in total. The zero-order chi connectivity index (χ0) is 18.5. The van der Waals surface area contributed by atoms with Gasteiger partial charge in [0, 0.05) is 19.2 Å². The number of para-hydroxylation sites is 1. The molecule has 134 valence electrons. The first-order valence-corrected chi connectivity index (χ1v) is 9.57. The van der Waals surface area contributed by atoms with Gasteiger partial charge in [-0.15, -0.1) is 0 Å². The van der Waals surface area contributed by atoms with Crippen molar-refractivity contribution in [2.75, 3.05) is 12.3 Å². The van der Waals surface area contributed by atoms with Gasteiger partial charge in [-0.2, -0.15) is 0 Å². The Kier molecular flexibility index (Phi) is 5.73. The number of fused-ring (bicyclic) bond motifs is 1. The van der Waals surface area contributed by atoms with Crippen LogP contribution in [-0.2, 0) is 11.2 Å². The number of thioether (sulfide) groups is 1. The van der Waals surface area contributed by atoms with Crippen LogP contribution in [0.25, 0.3) is 16.6 Å². The first-order chi connectivity index (χ1) is 12.6. The van der Waals surface area contributed by atoms with Gasteiger partial charge in [-0.25, -0.2) is 4.98 Å². The third-order valence-electron chi connectivity index (χ3n) is 4.05. The van der Waals surface area contributed by atoms with E-state index in [0.717, 1.165) is 12.1 Å². The fraction of sp³-hybridized carbons (Fsp3) is 0.250. The Hall–Kier alpha value is -2.60. The van der Waals surface area contributed by atoms with E-state index in [-0.39, 0.29) is 11.5 Å². The summed E-state index contributed by atoms with van der Waals surface area (Å²) < 4.78 is 1.65. The van der Waals surface area contributed by atoms with E-state index in [9.17, 15) is 9.59 Å². The number of hydrogen-bond donors (Lipinski definition) is 1. The van der Waals surface area contributed by atoms with Crippen molar-refractivity contribution in [3.8, 4) is 5.69 Å². The van der Waals surface area contributed by atoms with E-state index in [1.54, 1.807) is 10.6 Å². The van der Waals surface area contributed by atoms with Crippen LogP contribution in [0.3, 0.4) is 0 Å². The third-order valence-corrected chi connectivity index (χ3v) is 5.00. The lowest BCUT2D eigenvalue weighted by Crippen LogP contribution is -2.24. The van der Waals surface area contributed by atoms with Crippen molar-refractivity contribution in [3.63, 3.8) is 0 Å². The molecule has 1 N–H and O–H groups in total. The molecule has 1 amide bonds. The summed E-state index contributed by atoms with van der Waals surface area (Å²) in [5.41, 5.74) is 2.62. The molecule has 26 heavy (non-hydrogen) atoms. The van der Waals surface area contributed by atoms with E-state index >= 15 is 0 Å². The molecule has 0 spiro atoms. The van der Waals surface area contributed by atoms with Crippen LogP contribution >= 0.6 is 11.8 Å². The lowest BCUT2D eigenvalue weighted by molar-refractivity contribution is -0.118. The maximum absolute atomic E-state index is 13.1. The van der Waals surface area contributed by atoms with Gasteiger partial charge >= 0.3 is 0 Å². The first kappa shape index (κ1) is 18.2. The lowest BCUT2D eigenvalue weighted by atomic mass is 10.1. The second kappa shape index (κ2) is 8.19. The Morgan fingerprint density at radius 3 is 2.58 bits per heavy atom. The van der Waals surface area contributed by atoms with Crippen LogP contribution in [-0.4, -0.2) is 27.8 Å². The Labute approximate surface area is 156 Å². The summed E-state index contributed by atoms with van der Waals surface area (Å²) in [5.74, 6) is 0.571. The minimum Gasteiger partial charge on any atom is -0.356 e. The van der Waals surface area contributed by atoms with Gasteiger partial charge in [0.2, 0.25) is 5.91 Å². The van der Waals surface area contributed by atoms with Crippen LogP contribution in [0, 0.1) is 0 Å². The predicted octanol–water partition coefficient (Wildman–Crippen LogP) is 3.18. The van der Waals surface area contributed by atoms with Gasteiger partial charge in [0.1, 0.15) is 0 Å². The smallest absolute Gasteiger partial charge is 0.266 e. The summed E-state index contributed by atoms with van der Waals surface area (Å²) in [5, 5.41) is 3.99. The minimum absolute atomic E-state index is 0.0652. The highest BCUT2D eigenvalue weighted by molar-refractivity contribution is 7.99. The fourth-order valence-electron chi connectivity index (χ4n) is 2.69. The molecule has 6 heteroatoms. The number of carbonyl (C=O) groups is 1. The first-order valence-electron chi connectivity index (χ1n) is 8.58. The van der Waals surface area contributed by atoms with E-state index in [1.807, 2.05) is 42.5 Å². The molecule has 0 radical (unpaired) electrons. The number of rotatable bonds is 6. The molecule has 3 rings (SSSR count). The highest BCUT2D eigenvalue weighted by Crippen LogP contribution is 2.21. The normalized spacial score (nSPS) is 10.8. The van der Waals surface area contributed by atoms with Crippen molar-refractivity contribution >= 4 is 28.6 Å². The second-order valence-corrected chi connectivity index (χ2v) is 6.97. The molecule has 0 aliphatic heterocycles. The average Bonchev–Trinajstić information content (AvgIpc) is 2.65. The maximum Gasteiger partial charge on any atom is 0.266 e. The van der Waals surface area contributed by atoms with Crippen LogP contribution in [0.5, 0.6) is 0 Å². The Balaban J connectivity index is 2.04. The van der Waals surface area contributed by atoms with Crippen LogP contribution in [0.4, 0.5) is 0 Å². The summed E-state index contributed by atoms with van der Waals surface area (Å²) in [6.45, 7) is 4.11. The van der Waals surface area contributed by atoms with E-state index in [1.165, 1.54) is 24.2 Å². The number of carbonyl (C=O) groups excluding carboxylic acids is 1. The van der Waals surface area contributed by atoms with Crippen molar-refractivity contribution in [3.05, 3.63) is 64.4 Å². The summed E-state index contributed by atoms with van der Waals surface area (Å²) in [6.07, 6.45) is 0.948. The van der Waals surface area contributed by atoms with Gasteiger partial charge < -0.3 is 5.32 Å². The largest absolute Gasteiger partial charge is 0.356 e. The standard InChI is InChI=1S/C20H21N3O2S/c1-3-15-8-10-16(11-9-15)23-19(25)17-6-4-5-7-18(17)22-20(23)26-13-12-21-14(2)24/h4-11H,3,12-13H2,1-2H3,(H,21,24). The van der Waals surface area contributed by atoms with E-state index in [2.05, 4.69) is 17.2 Å². The molecule has 3 aromatic rings. The van der Waals surface area contributed by atoms with Crippen molar-refractivity contribution in [2.45, 2.75) is 25.4 Å². The number of amides is 1. The number of nitrogens with one attached hydrogen (secondary N) is 1. The van der Waals surface area contributed by atoms with Crippen LogP contribution in [0.1, 0.15) is 19.4 Å². The van der Waals surface area contributed by atoms with Gasteiger partial charge in [-0.1, -0.05) is 43.0 Å². The quantitative estimate of drug-likeness (QED) is 0.413. The topological polar surface area (TPSA) is 64.0 Å². The molecule has 0 saturated carbocycles. The van der Waals surface area contributed by atoms with E-state index in [4.69, 9.17) is 0 Å². The minimum atomic E-state index is -0.0816. The van der Waals surface area contributed by atoms with Gasteiger partial charge in [0.05, 0.1) is 16.6 Å².